The number of ether oxygens (including phenoxy) is 1. The first-order valence-electron chi connectivity index (χ1n) is 13.9. The molecule has 6 N–H and O–H groups in total. The minimum absolute atomic E-state index is 0.108. The molecule has 1 aromatic carbocycles. The standard InChI is InChI=1S/C29H47N5O6/c1-7-8-9-12-23(35)34-24(19(2)3)26(37)33-22(11-10-17-31-28(30)39)25(36)32-21-15-13-20(14-16-21)18-40-27(38)29(4,5)6/h13-16,19,22,24H,7-12,17-18H2,1-6H3,(H,32,36)(H,33,37)(H,34,35)(H3,30,31,39)/t22?,24-/m0/s1. The van der Waals surface area contributed by atoms with Crippen molar-refractivity contribution in [3.8, 4) is 0 Å². The van der Waals surface area contributed by atoms with Crippen molar-refractivity contribution >= 4 is 35.4 Å². The van der Waals surface area contributed by atoms with E-state index < -0.39 is 35.3 Å². The fourth-order valence-corrected chi connectivity index (χ4v) is 3.64. The van der Waals surface area contributed by atoms with Crippen LogP contribution in [0.5, 0.6) is 0 Å². The number of anilines is 1. The molecule has 0 saturated heterocycles. The summed E-state index contributed by atoms with van der Waals surface area (Å²) in [5, 5.41) is 10.8. The zero-order valence-corrected chi connectivity index (χ0v) is 24.7. The number of urea groups is 1. The van der Waals surface area contributed by atoms with E-state index in [2.05, 4.69) is 21.3 Å². The average molecular weight is 562 g/mol. The lowest BCUT2D eigenvalue weighted by molar-refractivity contribution is -0.154. The number of carbonyl (C=O) groups excluding carboxylic acids is 5. The molecular formula is C29H47N5O6. The van der Waals surface area contributed by atoms with E-state index in [0.29, 0.717) is 18.5 Å². The topological polar surface area (TPSA) is 169 Å². The van der Waals surface area contributed by atoms with E-state index in [-0.39, 0.29) is 37.4 Å². The van der Waals surface area contributed by atoms with Crippen molar-refractivity contribution in [1.29, 1.82) is 0 Å². The number of unbranched alkanes of at least 4 members (excludes halogenated alkanes) is 2. The number of nitrogens with two attached hydrogens (primary N) is 1. The second-order valence-corrected chi connectivity index (χ2v) is 11.3. The number of nitrogens with one attached hydrogen (secondary N) is 4. The van der Waals surface area contributed by atoms with E-state index in [0.717, 1.165) is 24.8 Å². The lowest BCUT2D eigenvalue weighted by Gasteiger charge is -2.25. The van der Waals surface area contributed by atoms with Crippen molar-refractivity contribution in [2.45, 2.75) is 98.8 Å². The maximum absolute atomic E-state index is 13.2. The molecule has 0 heterocycles. The number of hydrogen-bond donors (Lipinski definition) is 5. The molecule has 1 aromatic rings. The fraction of sp³-hybridized carbons (Fsp3) is 0.621. The zero-order valence-electron chi connectivity index (χ0n) is 24.7. The van der Waals surface area contributed by atoms with Gasteiger partial charge in [-0.3, -0.25) is 19.2 Å². The first kappa shape index (κ1) is 34.4. The van der Waals surface area contributed by atoms with Gasteiger partial charge in [-0.05, 0) is 63.6 Å². The predicted molar refractivity (Wildman–Crippen MR) is 154 cm³/mol. The lowest BCUT2D eigenvalue weighted by atomic mass is 9.97. The van der Waals surface area contributed by atoms with Crippen molar-refractivity contribution in [3.05, 3.63) is 29.8 Å². The van der Waals surface area contributed by atoms with Crippen LogP contribution >= 0.6 is 0 Å². The Kier molecular flexibility index (Phi) is 14.7. The number of benzene rings is 1. The van der Waals surface area contributed by atoms with Crippen molar-refractivity contribution in [1.82, 2.24) is 16.0 Å². The highest BCUT2D eigenvalue weighted by Crippen LogP contribution is 2.18. The van der Waals surface area contributed by atoms with Gasteiger partial charge in [0.05, 0.1) is 5.41 Å². The Morgan fingerprint density at radius 2 is 1.57 bits per heavy atom. The molecule has 40 heavy (non-hydrogen) atoms. The second kappa shape index (κ2) is 17.1. The second-order valence-electron chi connectivity index (χ2n) is 11.3. The number of amides is 5. The third-order valence-electron chi connectivity index (χ3n) is 6.08. The highest BCUT2D eigenvalue weighted by molar-refractivity contribution is 5.98. The molecule has 0 aromatic heterocycles. The summed E-state index contributed by atoms with van der Waals surface area (Å²) >= 11 is 0. The van der Waals surface area contributed by atoms with E-state index >= 15 is 0 Å². The maximum Gasteiger partial charge on any atom is 0.312 e. The monoisotopic (exact) mass is 561 g/mol. The van der Waals surface area contributed by atoms with E-state index in [1.165, 1.54) is 0 Å². The van der Waals surface area contributed by atoms with Crippen LogP contribution in [0, 0.1) is 11.3 Å². The normalized spacial score (nSPS) is 12.7. The highest BCUT2D eigenvalue weighted by atomic mass is 16.5. The van der Waals surface area contributed by atoms with Gasteiger partial charge < -0.3 is 31.7 Å². The predicted octanol–water partition coefficient (Wildman–Crippen LogP) is 3.37. The van der Waals surface area contributed by atoms with Gasteiger partial charge in [-0.25, -0.2) is 4.79 Å². The summed E-state index contributed by atoms with van der Waals surface area (Å²) in [6, 6.07) is 4.43. The molecule has 0 spiro atoms. The van der Waals surface area contributed by atoms with Gasteiger partial charge in [0.1, 0.15) is 18.7 Å². The van der Waals surface area contributed by atoms with Crippen LogP contribution in [0.2, 0.25) is 0 Å². The Hall–Kier alpha value is -3.63. The van der Waals surface area contributed by atoms with Crippen LogP contribution in [0.4, 0.5) is 10.5 Å². The van der Waals surface area contributed by atoms with Crippen molar-refractivity contribution in [2.24, 2.45) is 17.1 Å². The summed E-state index contributed by atoms with van der Waals surface area (Å²) in [6.45, 7) is 11.4. The Morgan fingerprint density at radius 3 is 2.12 bits per heavy atom. The number of carbonyl (C=O) groups is 5. The number of hydrogen-bond acceptors (Lipinski definition) is 6. The molecule has 0 fully saturated rings. The molecule has 2 atom stereocenters. The van der Waals surface area contributed by atoms with E-state index in [1.54, 1.807) is 45.0 Å². The van der Waals surface area contributed by atoms with Gasteiger partial charge in [-0.1, -0.05) is 45.7 Å². The fourth-order valence-electron chi connectivity index (χ4n) is 3.64. The molecule has 5 amide bonds. The Labute approximate surface area is 237 Å². The molecular weight excluding hydrogens is 514 g/mol. The quantitative estimate of drug-likeness (QED) is 0.153. The molecule has 0 saturated carbocycles. The van der Waals surface area contributed by atoms with Gasteiger partial charge >= 0.3 is 12.0 Å². The van der Waals surface area contributed by atoms with Crippen molar-refractivity contribution < 1.29 is 28.7 Å². The van der Waals surface area contributed by atoms with Crippen LogP contribution in [-0.2, 0) is 30.5 Å². The summed E-state index contributed by atoms with van der Waals surface area (Å²) < 4.78 is 5.32. The smallest absolute Gasteiger partial charge is 0.312 e. The van der Waals surface area contributed by atoms with Crippen LogP contribution in [0.15, 0.2) is 24.3 Å². The SMILES string of the molecule is CCCCCC(=O)N[C@H](C(=O)NC(CCCNC(N)=O)C(=O)Nc1ccc(COC(=O)C(C)(C)C)cc1)C(C)C. The van der Waals surface area contributed by atoms with Gasteiger partial charge in [-0.15, -0.1) is 0 Å². The molecule has 1 rings (SSSR count). The van der Waals surface area contributed by atoms with Gasteiger partial charge in [0.2, 0.25) is 17.7 Å². The summed E-state index contributed by atoms with van der Waals surface area (Å²) in [6.07, 6.45) is 3.60. The molecule has 0 aliphatic carbocycles. The Bertz CT molecular complexity index is 988. The molecule has 0 radical (unpaired) electrons. The summed E-state index contributed by atoms with van der Waals surface area (Å²) in [7, 11) is 0. The van der Waals surface area contributed by atoms with E-state index in [1.807, 2.05) is 20.8 Å². The van der Waals surface area contributed by atoms with E-state index in [4.69, 9.17) is 10.5 Å². The number of esters is 1. The molecule has 11 heteroatoms. The molecule has 11 nitrogen and oxygen atoms in total. The average Bonchev–Trinajstić information content (AvgIpc) is 2.87. The minimum Gasteiger partial charge on any atom is -0.460 e. The number of primary amides is 1. The van der Waals surface area contributed by atoms with Crippen LogP contribution in [0.1, 0.15) is 85.6 Å². The first-order valence-corrected chi connectivity index (χ1v) is 13.9. The summed E-state index contributed by atoms with van der Waals surface area (Å²) in [5.74, 6) is -1.63. The third kappa shape index (κ3) is 13.4. The van der Waals surface area contributed by atoms with Gasteiger partial charge in [-0.2, -0.15) is 0 Å². The van der Waals surface area contributed by atoms with Crippen LogP contribution in [0.25, 0.3) is 0 Å². The minimum atomic E-state index is -0.923. The largest absolute Gasteiger partial charge is 0.460 e. The van der Waals surface area contributed by atoms with Crippen LogP contribution in [0.3, 0.4) is 0 Å². The third-order valence-corrected chi connectivity index (χ3v) is 6.08. The van der Waals surface area contributed by atoms with Crippen molar-refractivity contribution in [3.63, 3.8) is 0 Å². The van der Waals surface area contributed by atoms with Gasteiger partial charge in [0, 0.05) is 18.7 Å². The molecule has 224 valence electrons. The first-order chi connectivity index (χ1) is 18.7. The summed E-state index contributed by atoms with van der Waals surface area (Å²) in [4.78, 5) is 61.7. The maximum atomic E-state index is 13.2. The van der Waals surface area contributed by atoms with Gasteiger partial charge in [0.25, 0.3) is 0 Å². The zero-order chi connectivity index (χ0) is 30.3. The molecule has 0 bridgehead atoms. The lowest BCUT2D eigenvalue weighted by Crippen LogP contribution is -2.54. The Morgan fingerprint density at radius 1 is 0.925 bits per heavy atom. The molecule has 0 aliphatic heterocycles. The van der Waals surface area contributed by atoms with Crippen molar-refractivity contribution in [2.75, 3.05) is 11.9 Å². The van der Waals surface area contributed by atoms with Gasteiger partial charge in [0.15, 0.2) is 0 Å². The highest BCUT2D eigenvalue weighted by Gasteiger charge is 2.29. The molecule has 1 unspecified atom stereocenters. The van der Waals surface area contributed by atoms with Crippen LogP contribution < -0.4 is 27.0 Å². The number of rotatable bonds is 16. The van der Waals surface area contributed by atoms with E-state index in [9.17, 15) is 24.0 Å². The van der Waals surface area contributed by atoms with Crippen LogP contribution in [-0.4, -0.2) is 48.4 Å². The Balaban J connectivity index is 2.89. The molecule has 0 aliphatic rings. The summed E-state index contributed by atoms with van der Waals surface area (Å²) in [5.41, 5.74) is 5.77.